The van der Waals surface area contributed by atoms with Crippen molar-refractivity contribution in [2.24, 2.45) is 5.92 Å². The number of ether oxygens (including phenoxy) is 1. The monoisotopic (exact) mass is 160 g/mol. The van der Waals surface area contributed by atoms with Gasteiger partial charge in [-0.3, -0.25) is 0 Å². The van der Waals surface area contributed by atoms with Crippen LogP contribution in [0.3, 0.4) is 0 Å². The molecule has 0 radical (unpaired) electrons. The second-order valence-electron chi connectivity index (χ2n) is 3.49. The molecule has 1 nitrogen and oxygen atoms in total. The van der Waals surface area contributed by atoms with Crippen LogP contribution in [0, 0.1) is 5.92 Å². The molecule has 1 aliphatic rings. The van der Waals surface area contributed by atoms with E-state index in [-0.39, 0.29) is 6.10 Å². The summed E-state index contributed by atoms with van der Waals surface area (Å²) in [5, 5.41) is 0. The maximum Gasteiger partial charge on any atom is 0.103 e. The van der Waals surface area contributed by atoms with Gasteiger partial charge in [0.15, 0.2) is 0 Å². The summed E-state index contributed by atoms with van der Waals surface area (Å²) in [6.45, 7) is 4.77. The summed E-state index contributed by atoms with van der Waals surface area (Å²) in [5.41, 5.74) is 0. The van der Waals surface area contributed by atoms with Crippen molar-refractivity contribution in [3.05, 3.63) is 0 Å². The van der Waals surface area contributed by atoms with Crippen molar-refractivity contribution < 1.29 is 9.13 Å². The van der Waals surface area contributed by atoms with Crippen molar-refractivity contribution in [2.45, 2.75) is 45.4 Å². The van der Waals surface area contributed by atoms with E-state index in [1.54, 1.807) is 0 Å². The molecule has 0 aromatic carbocycles. The van der Waals surface area contributed by atoms with Crippen LogP contribution in [0.5, 0.6) is 0 Å². The number of rotatable bonds is 2. The van der Waals surface area contributed by atoms with E-state index in [4.69, 9.17) is 4.74 Å². The van der Waals surface area contributed by atoms with E-state index < -0.39 is 6.17 Å². The van der Waals surface area contributed by atoms with Crippen LogP contribution in [0.15, 0.2) is 0 Å². The summed E-state index contributed by atoms with van der Waals surface area (Å²) in [4.78, 5) is 0. The summed E-state index contributed by atoms with van der Waals surface area (Å²) in [7, 11) is 0. The molecule has 0 spiro atoms. The zero-order chi connectivity index (χ0) is 8.27. The summed E-state index contributed by atoms with van der Waals surface area (Å²) in [5.74, 6) is 0.496. The van der Waals surface area contributed by atoms with Crippen molar-refractivity contribution >= 4 is 0 Å². The van der Waals surface area contributed by atoms with E-state index in [2.05, 4.69) is 6.92 Å². The van der Waals surface area contributed by atoms with Crippen molar-refractivity contribution in [3.8, 4) is 0 Å². The zero-order valence-corrected chi connectivity index (χ0v) is 7.35. The van der Waals surface area contributed by atoms with E-state index in [1.807, 2.05) is 6.92 Å². The average Bonchev–Trinajstić information content (AvgIpc) is 1.85. The third kappa shape index (κ3) is 2.78. The molecule has 66 valence electrons. The number of hydrogen-bond donors (Lipinski definition) is 0. The minimum Gasteiger partial charge on any atom is -0.378 e. The SMILES string of the molecule is CCOC1CC(C)CC(F)C1. The van der Waals surface area contributed by atoms with Gasteiger partial charge in [-0.1, -0.05) is 6.92 Å². The van der Waals surface area contributed by atoms with Crippen LogP contribution in [0.2, 0.25) is 0 Å². The van der Waals surface area contributed by atoms with Gasteiger partial charge in [0.25, 0.3) is 0 Å². The quantitative estimate of drug-likeness (QED) is 0.603. The second kappa shape index (κ2) is 4.05. The van der Waals surface area contributed by atoms with E-state index in [0.717, 1.165) is 12.8 Å². The summed E-state index contributed by atoms with van der Waals surface area (Å²) >= 11 is 0. The number of halogens is 1. The lowest BCUT2D eigenvalue weighted by Crippen LogP contribution is -2.28. The smallest absolute Gasteiger partial charge is 0.103 e. The first-order valence-electron chi connectivity index (χ1n) is 4.48. The van der Waals surface area contributed by atoms with Crippen LogP contribution in [-0.2, 0) is 4.74 Å². The van der Waals surface area contributed by atoms with Gasteiger partial charge in [-0.15, -0.1) is 0 Å². The largest absolute Gasteiger partial charge is 0.378 e. The summed E-state index contributed by atoms with van der Waals surface area (Å²) < 4.78 is 18.3. The Morgan fingerprint density at radius 2 is 2.09 bits per heavy atom. The van der Waals surface area contributed by atoms with Crippen molar-refractivity contribution in [2.75, 3.05) is 6.61 Å². The lowest BCUT2D eigenvalue weighted by atomic mass is 9.87. The zero-order valence-electron chi connectivity index (χ0n) is 7.35. The minimum atomic E-state index is -0.629. The third-order valence-corrected chi connectivity index (χ3v) is 2.24. The molecule has 0 N–H and O–H groups in total. The molecule has 2 heteroatoms. The maximum absolute atomic E-state index is 12.9. The predicted octanol–water partition coefficient (Wildman–Crippen LogP) is 2.55. The first kappa shape index (κ1) is 8.98. The maximum atomic E-state index is 12.9. The molecule has 0 aromatic rings. The summed E-state index contributed by atoms with van der Waals surface area (Å²) in [6.07, 6.45) is 1.92. The van der Waals surface area contributed by atoms with Crippen LogP contribution >= 0.6 is 0 Å². The van der Waals surface area contributed by atoms with Gasteiger partial charge in [-0.2, -0.15) is 0 Å². The Bertz CT molecular complexity index is 106. The molecule has 0 heterocycles. The standard InChI is InChI=1S/C9H17FO/c1-3-11-9-5-7(2)4-8(10)6-9/h7-9H,3-6H2,1-2H3. The highest BCUT2D eigenvalue weighted by Crippen LogP contribution is 2.27. The minimum absolute atomic E-state index is 0.179. The molecule has 0 aromatic heterocycles. The van der Waals surface area contributed by atoms with Gasteiger partial charge in [-0.25, -0.2) is 4.39 Å². The highest BCUT2D eigenvalue weighted by molar-refractivity contribution is 4.76. The lowest BCUT2D eigenvalue weighted by molar-refractivity contribution is -0.00278. The molecule has 3 atom stereocenters. The van der Waals surface area contributed by atoms with Crippen molar-refractivity contribution in [1.29, 1.82) is 0 Å². The van der Waals surface area contributed by atoms with Gasteiger partial charge in [0, 0.05) is 13.0 Å². The van der Waals surface area contributed by atoms with Gasteiger partial charge >= 0.3 is 0 Å². The molecule has 3 unspecified atom stereocenters. The van der Waals surface area contributed by atoms with Gasteiger partial charge in [0.2, 0.25) is 0 Å². The van der Waals surface area contributed by atoms with Crippen LogP contribution < -0.4 is 0 Å². The van der Waals surface area contributed by atoms with Gasteiger partial charge < -0.3 is 4.74 Å². The Morgan fingerprint density at radius 3 is 2.64 bits per heavy atom. The van der Waals surface area contributed by atoms with Gasteiger partial charge in [0.1, 0.15) is 6.17 Å². The lowest BCUT2D eigenvalue weighted by Gasteiger charge is -2.28. The van der Waals surface area contributed by atoms with Crippen molar-refractivity contribution in [3.63, 3.8) is 0 Å². The first-order chi connectivity index (χ1) is 5.22. The Labute approximate surface area is 67.9 Å². The molecule has 1 rings (SSSR count). The number of hydrogen-bond acceptors (Lipinski definition) is 1. The fraction of sp³-hybridized carbons (Fsp3) is 1.00. The predicted molar refractivity (Wildman–Crippen MR) is 43.3 cm³/mol. The van der Waals surface area contributed by atoms with E-state index >= 15 is 0 Å². The van der Waals surface area contributed by atoms with Crippen LogP contribution in [0.4, 0.5) is 4.39 Å². The normalized spacial score (nSPS) is 39.0. The molecular formula is C9H17FO. The fourth-order valence-electron chi connectivity index (χ4n) is 1.83. The highest BCUT2D eigenvalue weighted by atomic mass is 19.1. The highest BCUT2D eigenvalue weighted by Gasteiger charge is 2.26. The van der Waals surface area contributed by atoms with Crippen LogP contribution in [0.1, 0.15) is 33.1 Å². The molecule has 1 fully saturated rings. The summed E-state index contributed by atoms with van der Waals surface area (Å²) in [6, 6.07) is 0. The van der Waals surface area contributed by atoms with Crippen LogP contribution in [0.25, 0.3) is 0 Å². The molecule has 1 saturated carbocycles. The third-order valence-electron chi connectivity index (χ3n) is 2.24. The topological polar surface area (TPSA) is 9.23 Å². The molecule has 1 aliphatic carbocycles. The second-order valence-corrected chi connectivity index (χ2v) is 3.49. The Hall–Kier alpha value is -0.110. The molecule has 11 heavy (non-hydrogen) atoms. The van der Waals surface area contributed by atoms with E-state index in [9.17, 15) is 4.39 Å². The van der Waals surface area contributed by atoms with E-state index in [0.29, 0.717) is 18.9 Å². The average molecular weight is 160 g/mol. The molecule has 0 saturated heterocycles. The van der Waals surface area contributed by atoms with Gasteiger partial charge in [-0.05, 0) is 25.7 Å². The van der Waals surface area contributed by atoms with Crippen LogP contribution in [-0.4, -0.2) is 18.9 Å². The molecule has 0 aliphatic heterocycles. The van der Waals surface area contributed by atoms with E-state index in [1.165, 1.54) is 0 Å². The number of alkyl halides is 1. The Morgan fingerprint density at radius 1 is 1.36 bits per heavy atom. The Kier molecular flexibility index (Phi) is 3.31. The Balaban J connectivity index is 2.30. The van der Waals surface area contributed by atoms with Crippen molar-refractivity contribution in [1.82, 2.24) is 0 Å². The molecule has 0 bridgehead atoms. The van der Waals surface area contributed by atoms with Gasteiger partial charge in [0.05, 0.1) is 6.10 Å². The molecular weight excluding hydrogens is 143 g/mol. The first-order valence-corrected chi connectivity index (χ1v) is 4.48. The fourth-order valence-corrected chi connectivity index (χ4v) is 1.83. The molecule has 0 amide bonds.